The van der Waals surface area contributed by atoms with Crippen LogP contribution in [0.15, 0.2) is 12.2 Å². The van der Waals surface area contributed by atoms with Crippen molar-refractivity contribution >= 4 is 11.9 Å². The van der Waals surface area contributed by atoms with E-state index in [0.717, 1.165) is 32.1 Å². The van der Waals surface area contributed by atoms with Crippen molar-refractivity contribution in [3.8, 4) is 0 Å². The summed E-state index contributed by atoms with van der Waals surface area (Å²) >= 11 is 0. The van der Waals surface area contributed by atoms with E-state index in [-0.39, 0.29) is 30.5 Å². The van der Waals surface area contributed by atoms with E-state index >= 15 is 0 Å². The molecule has 4 rings (SSSR count). The quantitative estimate of drug-likeness (QED) is 0.227. The number of hydrogen-bond donors (Lipinski definition) is 0. The molecule has 6 nitrogen and oxygen atoms in total. The van der Waals surface area contributed by atoms with Gasteiger partial charge < -0.3 is 18.9 Å². The van der Waals surface area contributed by atoms with Crippen LogP contribution in [0.25, 0.3) is 0 Å². The highest BCUT2D eigenvalue weighted by molar-refractivity contribution is 5.86. The third kappa shape index (κ3) is 5.38. The lowest BCUT2D eigenvalue weighted by Crippen LogP contribution is -2.56. The van der Waals surface area contributed by atoms with Gasteiger partial charge in [0, 0.05) is 12.5 Å². The highest BCUT2D eigenvalue weighted by Crippen LogP contribution is 2.61. The number of hydrogen-bond acceptors (Lipinski definition) is 6. The van der Waals surface area contributed by atoms with Gasteiger partial charge in [0.2, 0.25) is 0 Å². The molecule has 4 fully saturated rings. The van der Waals surface area contributed by atoms with Crippen LogP contribution in [-0.4, -0.2) is 50.1 Å². The Balaban J connectivity index is 1.46. The summed E-state index contributed by atoms with van der Waals surface area (Å²) in [6.07, 6.45) is 3.66. The molecule has 0 aromatic heterocycles. The molecule has 0 aromatic rings. The standard InChI is InChI=1S/C22H32F2O6/c1-13(2)19(25)28-6-5-27-14(3)29-12-22-9-15-7-16(10-22)18(17(8-15)11-22)30-20(26)21(4,23)24/h14-18H,1,5-12H2,2-4H3. The SMILES string of the molecule is C=C(C)C(=O)OCCOC(C)OCC12CC3CC(C1)C(OC(=O)C(C)(F)F)C(C3)C2. The molecule has 0 aliphatic heterocycles. The lowest BCUT2D eigenvalue weighted by atomic mass is 9.49. The number of ether oxygens (including phenoxy) is 4. The molecule has 0 aromatic carbocycles. The molecular weight excluding hydrogens is 398 g/mol. The fourth-order valence-electron chi connectivity index (χ4n) is 5.56. The van der Waals surface area contributed by atoms with Gasteiger partial charge in [0.25, 0.3) is 0 Å². The third-order valence-corrected chi connectivity index (χ3v) is 6.56. The van der Waals surface area contributed by atoms with Crippen LogP contribution in [0.2, 0.25) is 0 Å². The van der Waals surface area contributed by atoms with E-state index < -0.39 is 30.3 Å². The first-order chi connectivity index (χ1) is 14.0. The zero-order chi connectivity index (χ0) is 22.1. The van der Waals surface area contributed by atoms with Gasteiger partial charge in [-0.1, -0.05) is 6.58 Å². The second kappa shape index (κ2) is 8.91. The van der Waals surface area contributed by atoms with Gasteiger partial charge in [-0.15, -0.1) is 0 Å². The summed E-state index contributed by atoms with van der Waals surface area (Å²) in [4.78, 5) is 23.0. The number of rotatable bonds is 10. The summed E-state index contributed by atoms with van der Waals surface area (Å²) < 4.78 is 48.3. The van der Waals surface area contributed by atoms with E-state index in [1.165, 1.54) is 0 Å². The molecule has 8 heteroatoms. The molecule has 4 aliphatic carbocycles. The van der Waals surface area contributed by atoms with Crippen molar-refractivity contribution < 1.29 is 37.3 Å². The molecule has 0 radical (unpaired) electrons. The summed E-state index contributed by atoms with van der Waals surface area (Å²) in [6.45, 7) is 8.36. The monoisotopic (exact) mass is 430 g/mol. The molecule has 170 valence electrons. The van der Waals surface area contributed by atoms with Crippen molar-refractivity contribution in [1.29, 1.82) is 0 Å². The summed E-state index contributed by atoms with van der Waals surface area (Å²) in [7, 11) is 0. The summed E-state index contributed by atoms with van der Waals surface area (Å²) in [5, 5.41) is 0. The number of halogens is 2. The Morgan fingerprint density at radius 2 is 1.77 bits per heavy atom. The van der Waals surface area contributed by atoms with Gasteiger partial charge in [-0.25, -0.2) is 9.59 Å². The van der Waals surface area contributed by atoms with Crippen LogP contribution in [0.3, 0.4) is 0 Å². The molecule has 4 bridgehead atoms. The van der Waals surface area contributed by atoms with Crippen LogP contribution in [-0.2, 0) is 28.5 Å². The second-order valence-electron chi connectivity index (χ2n) is 9.39. The maximum Gasteiger partial charge on any atom is 0.376 e. The predicted molar refractivity (Wildman–Crippen MR) is 104 cm³/mol. The van der Waals surface area contributed by atoms with E-state index in [9.17, 15) is 18.4 Å². The Morgan fingerprint density at radius 1 is 1.13 bits per heavy atom. The molecule has 3 atom stereocenters. The fraction of sp³-hybridized carbons (Fsp3) is 0.818. The Labute approximate surface area is 176 Å². The Kier molecular flexibility index (Phi) is 6.87. The van der Waals surface area contributed by atoms with E-state index in [0.29, 0.717) is 25.0 Å². The highest BCUT2D eigenvalue weighted by Gasteiger charge is 2.57. The van der Waals surface area contributed by atoms with Crippen LogP contribution in [0, 0.1) is 23.2 Å². The van der Waals surface area contributed by atoms with E-state index in [2.05, 4.69) is 6.58 Å². The topological polar surface area (TPSA) is 71.1 Å². The van der Waals surface area contributed by atoms with E-state index in [1.54, 1.807) is 13.8 Å². The van der Waals surface area contributed by atoms with E-state index in [4.69, 9.17) is 18.9 Å². The van der Waals surface area contributed by atoms with E-state index in [1.807, 2.05) is 0 Å². The third-order valence-electron chi connectivity index (χ3n) is 6.56. The number of alkyl halides is 2. The minimum absolute atomic E-state index is 0.0157. The molecule has 4 aliphatic rings. The molecule has 4 saturated carbocycles. The molecule has 0 saturated heterocycles. The van der Waals surface area contributed by atoms with Gasteiger partial charge in [-0.05, 0) is 69.1 Å². The average Bonchev–Trinajstić information content (AvgIpc) is 2.64. The Bertz CT molecular complexity index is 657. The molecule has 0 N–H and O–H groups in total. The molecule has 0 spiro atoms. The van der Waals surface area contributed by atoms with Crippen molar-refractivity contribution in [3.05, 3.63) is 12.2 Å². The maximum atomic E-state index is 13.3. The minimum Gasteiger partial charge on any atom is -0.460 e. The van der Waals surface area contributed by atoms with Crippen molar-refractivity contribution in [2.45, 2.75) is 71.2 Å². The van der Waals surface area contributed by atoms with Crippen LogP contribution in [0.1, 0.15) is 52.9 Å². The van der Waals surface area contributed by atoms with Crippen LogP contribution < -0.4 is 0 Å². The largest absolute Gasteiger partial charge is 0.460 e. The predicted octanol–water partition coefficient (Wildman–Crippen LogP) is 3.88. The average molecular weight is 430 g/mol. The lowest BCUT2D eigenvalue weighted by Gasteiger charge is -2.59. The van der Waals surface area contributed by atoms with Gasteiger partial charge in [0.1, 0.15) is 12.7 Å². The summed E-state index contributed by atoms with van der Waals surface area (Å²) in [5.41, 5.74) is 0.325. The number of esters is 2. The van der Waals surface area contributed by atoms with Crippen molar-refractivity contribution in [3.63, 3.8) is 0 Å². The van der Waals surface area contributed by atoms with Gasteiger partial charge in [-0.2, -0.15) is 8.78 Å². The van der Waals surface area contributed by atoms with Crippen molar-refractivity contribution in [2.24, 2.45) is 23.2 Å². The van der Waals surface area contributed by atoms with Gasteiger partial charge in [0.15, 0.2) is 6.29 Å². The lowest BCUT2D eigenvalue weighted by molar-refractivity contribution is -0.217. The maximum absolute atomic E-state index is 13.3. The zero-order valence-corrected chi connectivity index (χ0v) is 18.0. The van der Waals surface area contributed by atoms with Crippen LogP contribution >= 0.6 is 0 Å². The Morgan fingerprint density at radius 3 is 2.33 bits per heavy atom. The molecular formula is C22H32F2O6. The smallest absolute Gasteiger partial charge is 0.376 e. The fourth-order valence-corrected chi connectivity index (χ4v) is 5.56. The molecule has 30 heavy (non-hydrogen) atoms. The number of carbonyl (C=O) groups excluding carboxylic acids is 2. The van der Waals surface area contributed by atoms with Crippen LogP contribution in [0.4, 0.5) is 8.78 Å². The first-order valence-electron chi connectivity index (χ1n) is 10.6. The van der Waals surface area contributed by atoms with Gasteiger partial charge >= 0.3 is 17.9 Å². The molecule has 0 amide bonds. The van der Waals surface area contributed by atoms with Crippen LogP contribution in [0.5, 0.6) is 0 Å². The van der Waals surface area contributed by atoms with Crippen molar-refractivity contribution in [1.82, 2.24) is 0 Å². The summed E-state index contributed by atoms with van der Waals surface area (Å²) in [5.74, 6) is -4.56. The number of carbonyl (C=O) groups is 2. The first kappa shape index (κ1) is 23.1. The van der Waals surface area contributed by atoms with Crippen molar-refractivity contribution in [2.75, 3.05) is 19.8 Å². The molecule has 0 heterocycles. The normalized spacial score (nSPS) is 33.2. The Hall–Kier alpha value is -1.54. The first-order valence-corrected chi connectivity index (χ1v) is 10.6. The zero-order valence-electron chi connectivity index (χ0n) is 18.0. The molecule has 3 unspecified atom stereocenters. The summed E-state index contributed by atoms with van der Waals surface area (Å²) in [6, 6.07) is 0. The van der Waals surface area contributed by atoms with Gasteiger partial charge in [-0.3, -0.25) is 0 Å². The minimum atomic E-state index is -3.46. The second-order valence-corrected chi connectivity index (χ2v) is 9.39. The van der Waals surface area contributed by atoms with Gasteiger partial charge in [0.05, 0.1) is 13.2 Å². The highest BCUT2D eigenvalue weighted by atomic mass is 19.3.